The van der Waals surface area contributed by atoms with E-state index in [2.05, 4.69) is 5.32 Å². The molecule has 13 heteroatoms. The Bertz CT molecular complexity index is 1260. The molecule has 3 N–H and O–H groups in total. The largest absolute Gasteiger partial charge is 0.443 e. The topological polar surface area (TPSA) is 120 Å². The summed E-state index contributed by atoms with van der Waals surface area (Å²) in [5.74, 6) is -0.168. The van der Waals surface area contributed by atoms with Gasteiger partial charge in [-0.25, -0.2) is 13.2 Å². The van der Waals surface area contributed by atoms with E-state index in [9.17, 15) is 26.4 Å². The molecule has 1 amide bonds. The minimum atomic E-state index is -4.59. The van der Waals surface area contributed by atoms with Gasteiger partial charge in [0.05, 0.1) is 35.6 Å². The molecule has 0 aliphatic carbocycles. The Morgan fingerprint density at radius 2 is 1.78 bits per heavy atom. The van der Waals surface area contributed by atoms with Crippen molar-refractivity contribution in [2.45, 2.75) is 62.2 Å². The second-order valence-electron chi connectivity index (χ2n) is 10.8. The summed E-state index contributed by atoms with van der Waals surface area (Å²) in [5, 5.41) is 2.82. The maximum Gasteiger partial charge on any atom is 0.416 e. The molecule has 2 fully saturated rings. The Labute approximate surface area is 238 Å². The lowest BCUT2D eigenvalue weighted by molar-refractivity contribution is -0.137. The Morgan fingerprint density at radius 3 is 2.41 bits per heavy atom. The minimum absolute atomic E-state index is 0.0580. The van der Waals surface area contributed by atoms with Crippen molar-refractivity contribution >= 4 is 16.1 Å². The number of amides is 1. The molecule has 0 radical (unpaired) electrons. The fourth-order valence-electron chi connectivity index (χ4n) is 5.05. The van der Waals surface area contributed by atoms with Crippen molar-refractivity contribution in [3.05, 3.63) is 65.7 Å². The van der Waals surface area contributed by atoms with Gasteiger partial charge in [0.25, 0.3) is 0 Å². The van der Waals surface area contributed by atoms with E-state index in [1.54, 1.807) is 0 Å². The third-order valence-electron chi connectivity index (χ3n) is 7.16. The number of alkyl halides is 3. The quantitative estimate of drug-likeness (QED) is 0.404. The predicted molar refractivity (Wildman–Crippen MR) is 144 cm³/mol. The minimum Gasteiger partial charge on any atom is -0.443 e. The molecule has 2 aliphatic heterocycles. The number of nitrogens with two attached hydrogens (primary N) is 1. The van der Waals surface area contributed by atoms with Gasteiger partial charge in [-0.3, -0.25) is 0 Å². The number of ether oxygens (including phenoxy) is 3. The van der Waals surface area contributed by atoms with Crippen LogP contribution in [0.4, 0.5) is 18.0 Å². The maximum absolute atomic E-state index is 13.6. The number of carbonyl (C=O) groups excluding carboxylic acids is 1. The van der Waals surface area contributed by atoms with E-state index in [4.69, 9.17) is 19.9 Å². The highest BCUT2D eigenvalue weighted by Crippen LogP contribution is 2.33. The van der Waals surface area contributed by atoms with Crippen LogP contribution in [0.3, 0.4) is 0 Å². The van der Waals surface area contributed by atoms with Gasteiger partial charge in [-0.2, -0.15) is 17.5 Å². The van der Waals surface area contributed by atoms with Crippen LogP contribution in [0, 0.1) is 11.8 Å². The second kappa shape index (κ2) is 13.1. The van der Waals surface area contributed by atoms with E-state index in [0.29, 0.717) is 19.4 Å². The third-order valence-corrected chi connectivity index (χ3v) is 9.01. The first-order chi connectivity index (χ1) is 19.3. The second-order valence-corrected chi connectivity index (χ2v) is 12.7. The van der Waals surface area contributed by atoms with Gasteiger partial charge in [0.1, 0.15) is 6.10 Å². The number of hydrogen-bond acceptors (Lipinski definition) is 7. The highest BCUT2D eigenvalue weighted by atomic mass is 32.2. The third kappa shape index (κ3) is 7.98. The maximum atomic E-state index is 13.6. The summed E-state index contributed by atoms with van der Waals surface area (Å²) in [6, 6.07) is 11.0. The highest BCUT2D eigenvalue weighted by molar-refractivity contribution is 7.89. The number of halogens is 3. The van der Waals surface area contributed by atoms with Crippen molar-refractivity contribution in [3.8, 4) is 0 Å². The standard InChI is InChI=1S/C28H36F3N3O6S/c1-18(2)15-34(41(36,37)21-10-8-20(9-11-21)28(29,30)31)16-23(32)24(14-19-6-4-3-5-7-19)33-27(35)40-25-17-39-26-22(25)12-13-38-26/h3-11,18,22-26H,12-17,32H2,1-2H3,(H,33,35). The summed E-state index contributed by atoms with van der Waals surface area (Å²) >= 11 is 0. The molecule has 0 aromatic heterocycles. The molecule has 2 aromatic rings. The number of sulfonamides is 1. The lowest BCUT2D eigenvalue weighted by Crippen LogP contribution is -2.55. The summed E-state index contributed by atoms with van der Waals surface area (Å²) in [6.07, 6.45) is -5.17. The monoisotopic (exact) mass is 599 g/mol. The number of rotatable bonds is 11. The molecule has 2 aliphatic rings. The molecule has 5 unspecified atom stereocenters. The van der Waals surface area contributed by atoms with Gasteiger partial charge in [-0.15, -0.1) is 0 Å². The van der Waals surface area contributed by atoms with Crippen LogP contribution < -0.4 is 11.1 Å². The predicted octanol–water partition coefficient (Wildman–Crippen LogP) is 3.78. The highest BCUT2D eigenvalue weighted by Gasteiger charge is 2.44. The first-order valence-electron chi connectivity index (χ1n) is 13.5. The SMILES string of the molecule is CC(C)CN(CC(N)C(Cc1ccccc1)NC(=O)OC1COC2OCCC12)S(=O)(=O)c1ccc(C(F)(F)F)cc1. The van der Waals surface area contributed by atoms with Gasteiger partial charge in [0, 0.05) is 19.1 Å². The van der Waals surface area contributed by atoms with Crippen LogP contribution in [-0.4, -0.2) is 69.6 Å². The van der Waals surface area contributed by atoms with E-state index >= 15 is 0 Å². The molecule has 2 aromatic carbocycles. The summed E-state index contributed by atoms with van der Waals surface area (Å²) in [7, 11) is -4.21. The molecule has 226 valence electrons. The van der Waals surface area contributed by atoms with Crippen molar-refractivity contribution in [1.82, 2.24) is 9.62 Å². The van der Waals surface area contributed by atoms with E-state index in [0.717, 1.165) is 34.1 Å². The first kappa shape index (κ1) is 31.2. The smallest absolute Gasteiger partial charge is 0.416 e. The van der Waals surface area contributed by atoms with Crippen LogP contribution in [0.2, 0.25) is 0 Å². The Hall–Kier alpha value is -2.71. The van der Waals surface area contributed by atoms with Gasteiger partial charge in [0.2, 0.25) is 10.0 Å². The molecular weight excluding hydrogens is 563 g/mol. The average Bonchev–Trinajstić information content (AvgIpc) is 3.53. The summed E-state index contributed by atoms with van der Waals surface area (Å²) in [5.41, 5.74) is 6.49. The number of fused-ring (bicyclic) bond motifs is 1. The number of alkyl carbamates (subject to hydrolysis) is 1. The lowest BCUT2D eigenvalue weighted by Gasteiger charge is -2.31. The van der Waals surface area contributed by atoms with Crippen LogP contribution in [0.5, 0.6) is 0 Å². The fourth-order valence-corrected chi connectivity index (χ4v) is 6.69. The summed E-state index contributed by atoms with van der Waals surface area (Å²) in [4.78, 5) is 12.7. The molecule has 9 nitrogen and oxygen atoms in total. The van der Waals surface area contributed by atoms with Crippen molar-refractivity contribution in [3.63, 3.8) is 0 Å². The van der Waals surface area contributed by atoms with Crippen molar-refractivity contribution < 1.29 is 40.6 Å². The molecule has 41 heavy (non-hydrogen) atoms. The van der Waals surface area contributed by atoms with E-state index < -0.39 is 52.3 Å². The molecule has 0 saturated carbocycles. The zero-order valence-corrected chi connectivity index (χ0v) is 23.7. The molecule has 4 rings (SSSR count). The Balaban J connectivity index is 1.52. The molecule has 2 saturated heterocycles. The van der Waals surface area contributed by atoms with E-state index in [1.807, 2.05) is 44.2 Å². The fraction of sp³-hybridized carbons (Fsp3) is 0.536. The zero-order valence-electron chi connectivity index (χ0n) is 22.9. The Kier molecular flexibility index (Phi) is 9.96. The number of nitrogens with one attached hydrogen (secondary N) is 1. The molecule has 0 bridgehead atoms. The normalized spacial score (nSPS) is 22.5. The average molecular weight is 600 g/mol. The van der Waals surface area contributed by atoms with Gasteiger partial charge in [-0.1, -0.05) is 44.2 Å². The van der Waals surface area contributed by atoms with E-state index in [-0.39, 0.29) is 36.4 Å². The van der Waals surface area contributed by atoms with Crippen LogP contribution in [-0.2, 0) is 36.8 Å². The lowest BCUT2D eigenvalue weighted by atomic mass is 9.99. The summed E-state index contributed by atoms with van der Waals surface area (Å²) < 4.78 is 84.1. The van der Waals surface area contributed by atoms with Crippen LogP contribution in [0.15, 0.2) is 59.5 Å². The first-order valence-corrected chi connectivity index (χ1v) is 15.0. The number of nitrogens with zero attached hydrogens (tertiary/aromatic N) is 1. The van der Waals surface area contributed by atoms with Crippen molar-refractivity contribution in [2.24, 2.45) is 17.6 Å². The number of benzene rings is 2. The number of hydrogen-bond donors (Lipinski definition) is 2. The van der Waals surface area contributed by atoms with Gasteiger partial charge in [0.15, 0.2) is 6.29 Å². The summed E-state index contributed by atoms with van der Waals surface area (Å²) in [6.45, 7) is 4.26. The van der Waals surface area contributed by atoms with Gasteiger partial charge < -0.3 is 25.3 Å². The molecular formula is C28H36F3N3O6S. The Morgan fingerprint density at radius 1 is 1.10 bits per heavy atom. The van der Waals surface area contributed by atoms with Crippen molar-refractivity contribution in [2.75, 3.05) is 26.3 Å². The van der Waals surface area contributed by atoms with Crippen LogP contribution in [0.1, 0.15) is 31.4 Å². The number of carbonyl (C=O) groups is 1. The van der Waals surface area contributed by atoms with Gasteiger partial charge >= 0.3 is 12.3 Å². The molecule has 2 heterocycles. The van der Waals surface area contributed by atoms with Gasteiger partial charge in [-0.05, 0) is 48.6 Å². The molecule has 0 spiro atoms. The van der Waals surface area contributed by atoms with Crippen LogP contribution >= 0.6 is 0 Å². The van der Waals surface area contributed by atoms with E-state index in [1.165, 1.54) is 0 Å². The molecule has 5 atom stereocenters. The van der Waals surface area contributed by atoms with Crippen molar-refractivity contribution in [1.29, 1.82) is 0 Å². The zero-order chi connectivity index (χ0) is 29.8. The van der Waals surface area contributed by atoms with Crippen LogP contribution in [0.25, 0.3) is 0 Å².